The smallest absolute Gasteiger partial charge is 0.216 e. The van der Waals surface area contributed by atoms with E-state index in [9.17, 15) is 8.42 Å². The number of sulfonamides is 1. The first-order valence-corrected chi connectivity index (χ1v) is 7.60. The van der Waals surface area contributed by atoms with Crippen molar-refractivity contribution in [1.82, 2.24) is 14.9 Å². The van der Waals surface area contributed by atoms with Crippen molar-refractivity contribution in [2.45, 2.75) is 19.2 Å². The van der Waals surface area contributed by atoms with Crippen LogP contribution in [0.15, 0.2) is 30.5 Å². The maximum Gasteiger partial charge on any atom is 0.216 e. The van der Waals surface area contributed by atoms with Crippen LogP contribution in [0.1, 0.15) is 22.4 Å². The number of rotatable bonds is 5. The molecule has 0 aliphatic heterocycles. The highest BCUT2D eigenvalue weighted by atomic mass is 32.2. The quantitative estimate of drug-likeness (QED) is 0.864. The molecule has 0 saturated carbocycles. The van der Waals surface area contributed by atoms with Crippen molar-refractivity contribution in [3.8, 4) is 6.07 Å². The van der Waals surface area contributed by atoms with Crippen molar-refractivity contribution in [3.05, 3.63) is 52.8 Å². The van der Waals surface area contributed by atoms with Crippen molar-refractivity contribution in [2.75, 3.05) is 0 Å². The Morgan fingerprint density at radius 1 is 1.45 bits per heavy atom. The second kappa shape index (κ2) is 5.86. The van der Waals surface area contributed by atoms with E-state index in [0.29, 0.717) is 11.1 Å². The van der Waals surface area contributed by atoms with Gasteiger partial charge in [-0.1, -0.05) is 12.1 Å². The van der Waals surface area contributed by atoms with Crippen LogP contribution in [0.5, 0.6) is 0 Å². The number of nitriles is 1. The van der Waals surface area contributed by atoms with Crippen molar-refractivity contribution >= 4 is 10.0 Å². The molecular formula is C13H14N4O2S. The zero-order chi connectivity index (χ0) is 14.6. The molecule has 0 bridgehead atoms. The average molecular weight is 290 g/mol. The maximum atomic E-state index is 12.0. The third-order valence-electron chi connectivity index (χ3n) is 2.83. The predicted octanol–water partition coefficient (Wildman–Crippen LogP) is 1.21. The van der Waals surface area contributed by atoms with Crippen molar-refractivity contribution in [1.29, 1.82) is 5.26 Å². The number of H-pyrrole nitrogens is 1. The van der Waals surface area contributed by atoms with E-state index in [-0.39, 0.29) is 12.3 Å². The number of nitrogens with one attached hydrogen (secondary N) is 2. The fourth-order valence-corrected chi connectivity index (χ4v) is 2.84. The van der Waals surface area contributed by atoms with Gasteiger partial charge in [-0.2, -0.15) is 10.4 Å². The van der Waals surface area contributed by atoms with E-state index >= 15 is 0 Å². The molecule has 0 aliphatic rings. The summed E-state index contributed by atoms with van der Waals surface area (Å²) in [6, 6.07) is 8.55. The summed E-state index contributed by atoms with van der Waals surface area (Å²) in [4.78, 5) is 0. The second-order valence-electron chi connectivity index (χ2n) is 4.41. The Bertz CT molecular complexity index is 744. The molecule has 2 rings (SSSR count). The van der Waals surface area contributed by atoms with Gasteiger partial charge in [0, 0.05) is 17.8 Å². The van der Waals surface area contributed by atoms with E-state index in [4.69, 9.17) is 5.26 Å². The van der Waals surface area contributed by atoms with Gasteiger partial charge >= 0.3 is 0 Å². The minimum atomic E-state index is -3.45. The molecule has 0 spiro atoms. The van der Waals surface area contributed by atoms with E-state index in [1.165, 1.54) is 0 Å². The van der Waals surface area contributed by atoms with Gasteiger partial charge in [-0.15, -0.1) is 0 Å². The molecule has 0 saturated heterocycles. The van der Waals surface area contributed by atoms with Crippen LogP contribution in [0.25, 0.3) is 0 Å². The lowest BCUT2D eigenvalue weighted by Gasteiger charge is -2.06. The SMILES string of the molecule is Cc1[nH]ncc1CNS(=O)(=O)Cc1cccc(C#N)c1. The van der Waals surface area contributed by atoms with Gasteiger partial charge in [-0.25, -0.2) is 13.1 Å². The van der Waals surface area contributed by atoms with Gasteiger partial charge in [0.05, 0.1) is 23.6 Å². The zero-order valence-corrected chi connectivity index (χ0v) is 11.7. The van der Waals surface area contributed by atoms with Gasteiger partial charge in [0.15, 0.2) is 0 Å². The molecule has 0 atom stereocenters. The molecule has 0 aliphatic carbocycles. The Kier molecular flexibility index (Phi) is 4.17. The number of aromatic amines is 1. The lowest BCUT2D eigenvalue weighted by atomic mass is 10.2. The normalized spacial score (nSPS) is 11.2. The lowest BCUT2D eigenvalue weighted by Crippen LogP contribution is -2.24. The van der Waals surface area contributed by atoms with Crippen LogP contribution in [0.3, 0.4) is 0 Å². The minimum absolute atomic E-state index is 0.153. The summed E-state index contributed by atoms with van der Waals surface area (Å²) in [5.74, 6) is -0.153. The first-order valence-electron chi connectivity index (χ1n) is 5.95. The Morgan fingerprint density at radius 2 is 2.25 bits per heavy atom. The Morgan fingerprint density at radius 3 is 2.90 bits per heavy atom. The molecule has 1 heterocycles. The third-order valence-corrected chi connectivity index (χ3v) is 4.13. The maximum absolute atomic E-state index is 12.0. The van der Waals surface area contributed by atoms with Gasteiger partial charge in [0.25, 0.3) is 0 Å². The molecule has 7 heteroatoms. The molecule has 1 aromatic heterocycles. The van der Waals surface area contributed by atoms with Gasteiger partial charge in [-0.3, -0.25) is 5.10 Å². The van der Waals surface area contributed by atoms with Crippen LogP contribution in [0.2, 0.25) is 0 Å². The first kappa shape index (κ1) is 14.2. The predicted molar refractivity (Wildman–Crippen MR) is 73.9 cm³/mol. The van der Waals surface area contributed by atoms with E-state index in [1.807, 2.05) is 13.0 Å². The van der Waals surface area contributed by atoms with Gasteiger partial charge in [0.1, 0.15) is 0 Å². The van der Waals surface area contributed by atoms with Gasteiger partial charge in [0.2, 0.25) is 10.0 Å². The molecule has 104 valence electrons. The highest BCUT2D eigenvalue weighted by molar-refractivity contribution is 7.88. The van der Waals surface area contributed by atoms with Crippen LogP contribution < -0.4 is 4.72 Å². The van der Waals surface area contributed by atoms with E-state index < -0.39 is 10.0 Å². The molecule has 0 amide bonds. The third kappa shape index (κ3) is 3.66. The fraction of sp³-hybridized carbons (Fsp3) is 0.231. The average Bonchev–Trinajstić information content (AvgIpc) is 2.82. The molecule has 2 N–H and O–H groups in total. The van der Waals surface area contributed by atoms with E-state index in [2.05, 4.69) is 14.9 Å². The van der Waals surface area contributed by atoms with Crippen LogP contribution >= 0.6 is 0 Å². The first-order chi connectivity index (χ1) is 9.50. The largest absolute Gasteiger partial charge is 0.283 e. The second-order valence-corrected chi connectivity index (χ2v) is 6.22. The Labute approximate surface area is 117 Å². The van der Waals surface area contributed by atoms with Gasteiger partial charge in [-0.05, 0) is 24.6 Å². The van der Waals surface area contributed by atoms with Crippen LogP contribution in [-0.4, -0.2) is 18.6 Å². The molecule has 0 radical (unpaired) electrons. The van der Waals surface area contributed by atoms with E-state index in [1.54, 1.807) is 30.5 Å². The highest BCUT2D eigenvalue weighted by Crippen LogP contribution is 2.09. The van der Waals surface area contributed by atoms with Crippen molar-refractivity contribution in [3.63, 3.8) is 0 Å². The zero-order valence-electron chi connectivity index (χ0n) is 10.9. The summed E-state index contributed by atoms with van der Waals surface area (Å²) in [6.07, 6.45) is 1.59. The van der Waals surface area contributed by atoms with E-state index in [0.717, 1.165) is 11.3 Å². The summed E-state index contributed by atoms with van der Waals surface area (Å²) in [6.45, 7) is 2.02. The monoisotopic (exact) mass is 290 g/mol. The standard InChI is InChI=1S/C13H14N4O2S/c1-10-13(7-15-17-10)8-16-20(18,19)9-12-4-2-3-11(5-12)6-14/h2-5,7,16H,8-9H2,1H3,(H,15,17). The van der Waals surface area contributed by atoms with Crippen molar-refractivity contribution in [2.24, 2.45) is 0 Å². The highest BCUT2D eigenvalue weighted by Gasteiger charge is 2.12. The molecule has 0 unspecified atom stereocenters. The van der Waals surface area contributed by atoms with Crippen LogP contribution in [0, 0.1) is 18.3 Å². The molecular weight excluding hydrogens is 276 g/mol. The summed E-state index contributed by atoms with van der Waals surface area (Å²) in [5, 5.41) is 15.4. The number of aryl methyl sites for hydroxylation is 1. The summed E-state index contributed by atoms with van der Waals surface area (Å²) in [5.41, 5.74) is 2.67. The number of nitrogens with zero attached hydrogens (tertiary/aromatic N) is 2. The molecule has 6 nitrogen and oxygen atoms in total. The fourth-order valence-electron chi connectivity index (χ4n) is 1.74. The summed E-state index contributed by atoms with van der Waals surface area (Å²) in [7, 11) is -3.45. The molecule has 20 heavy (non-hydrogen) atoms. The summed E-state index contributed by atoms with van der Waals surface area (Å²) >= 11 is 0. The number of hydrogen-bond donors (Lipinski definition) is 2. The number of hydrogen-bond acceptors (Lipinski definition) is 4. The Balaban J connectivity index is 2.04. The Hall–Kier alpha value is -2.17. The van der Waals surface area contributed by atoms with Crippen molar-refractivity contribution < 1.29 is 8.42 Å². The van der Waals surface area contributed by atoms with Crippen LogP contribution in [-0.2, 0) is 22.3 Å². The molecule has 1 aromatic carbocycles. The van der Waals surface area contributed by atoms with Crippen LogP contribution in [0.4, 0.5) is 0 Å². The minimum Gasteiger partial charge on any atom is -0.283 e. The molecule has 2 aromatic rings. The topological polar surface area (TPSA) is 98.6 Å². The lowest BCUT2D eigenvalue weighted by molar-refractivity contribution is 0.580. The summed E-state index contributed by atoms with van der Waals surface area (Å²) < 4.78 is 26.5. The molecule has 0 fully saturated rings. The number of aromatic nitrogens is 2. The van der Waals surface area contributed by atoms with Gasteiger partial charge < -0.3 is 0 Å². The number of benzene rings is 1.